The summed E-state index contributed by atoms with van der Waals surface area (Å²) in [4.78, 5) is 11.4. The Bertz CT molecular complexity index is 397. The van der Waals surface area contributed by atoms with Crippen LogP contribution < -0.4 is 11.1 Å². The first-order chi connectivity index (χ1) is 7.28. The fraction of sp³-hybridized carbons (Fsp3) is 0.364. The van der Waals surface area contributed by atoms with Crippen LogP contribution in [0, 0.1) is 0 Å². The van der Waals surface area contributed by atoms with Gasteiger partial charge in [-0.2, -0.15) is 0 Å². The molecule has 0 bridgehead atoms. The third-order valence-corrected chi connectivity index (χ3v) is 1.66. The number of ether oxygens (including phenoxy) is 1. The monoisotopic (exact) mass is 224 g/mol. The normalized spacial score (nSPS) is 10.9. The average Bonchev–Trinajstić information content (AvgIpc) is 2.08. The Morgan fingerprint density at radius 1 is 1.44 bits per heavy atom. The number of carbonyl (C=O) groups is 1. The topological polar surface area (TPSA) is 84.6 Å². The summed E-state index contributed by atoms with van der Waals surface area (Å²) < 4.78 is 5.03. The summed E-state index contributed by atoms with van der Waals surface area (Å²) in [5.74, 6) is -0.0555. The van der Waals surface area contributed by atoms with E-state index in [9.17, 15) is 9.90 Å². The van der Waals surface area contributed by atoms with Crippen LogP contribution in [-0.4, -0.2) is 16.8 Å². The van der Waals surface area contributed by atoms with Crippen molar-refractivity contribution in [2.75, 3.05) is 11.1 Å². The molecule has 88 valence electrons. The molecule has 5 heteroatoms. The van der Waals surface area contributed by atoms with Gasteiger partial charge in [0.25, 0.3) is 0 Å². The lowest BCUT2D eigenvalue weighted by molar-refractivity contribution is 0.0635. The molecule has 5 nitrogen and oxygen atoms in total. The maximum absolute atomic E-state index is 11.4. The molecule has 0 aliphatic rings. The fourth-order valence-electron chi connectivity index (χ4n) is 1.07. The van der Waals surface area contributed by atoms with Gasteiger partial charge in [-0.1, -0.05) is 0 Å². The van der Waals surface area contributed by atoms with Gasteiger partial charge in [0, 0.05) is 5.69 Å². The highest BCUT2D eigenvalue weighted by Gasteiger charge is 2.17. The number of amides is 1. The first kappa shape index (κ1) is 12.2. The number of hydrogen-bond donors (Lipinski definition) is 3. The zero-order chi connectivity index (χ0) is 12.3. The lowest BCUT2D eigenvalue weighted by Gasteiger charge is -2.20. The van der Waals surface area contributed by atoms with Crippen molar-refractivity contribution in [1.82, 2.24) is 0 Å². The van der Waals surface area contributed by atoms with Gasteiger partial charge in [-0.05, 0) is 39.0 Å². The second kappa shape index (κ2) is 4.30. The summed E-state index contributed by atoms with van der Waals surface area (Å²) >= 11 is 0. The molecule has 0 saturated heterocycles. The number of nitrogens with two attached hydrogens (primary N) is 1. The van der Waals surface area contributed by atoms with Gasteiger partial charge < -0.3 is 15.6 Å². The summed E-state index contributed by atoms with van der Waals surface area (Å²) in [7, 11) is 0. The minimum Gasteiger partial charge on any atom is -0.506 e. The number of anilines is 2. The van der Waals surface area contributed by atoms with Crippen molar-refractivity contribution in [2.45, 2.75) is 26.4 Å². The van der Waals surface area contributed by atoms with E-state index in [1.54, 1.807) is 20.8 Å². The smallest absolute Gasteiger partial charge is 0.412 e. The van der Waals surface area contributed by atoms with Gasteiger partial charge in [0.2, 0.25) is 0 Å². The maximum Gasteiger partial charge on any atom is 0.412 e. The van der Waals surface area contributed by atoms with Crippen LogP contribution in [0.1, 0.15) is 20.8 Å². The molecule has 16 heavy (non-hydrogen) atoms. The van der Waals surface area contributed by atoms with Crippen LogP contribution in [0.15, 0.2) is 18.2 Å². The molecule has 1 rings (SSSR count). The van der Waals surface area contributed by atoms with E-state index >= 15 is 0 Å². The number of nitrogens with one attached hydrogen (secondary N) is 1. The van der Waals surface area contributed by atoms with E-state index in [1.165, 1.54) is 18.2 Å². The SMILES string of the molecule is CC(C)(C)OC(=O)Nc1cc(N)ccc1O. The molecule has 0 saturated carbocycles. The summed E-state index contributed by atoms with van der Waals surface area (Å²) in [5, 5.41) is 11.9. The van der Waals surface area contributed by atoms with Crippen LogP contribution in [0.2, 0.25) is 0 Å². The Labute approximate surface area is 94.2 Å². The van der Waals surface area contributed by atoms with Crippen molar-refractivity contribution in [1.29, 1.82) is 0 Å². The fourth-order valence-corrected chi connectivity index (χ4v) is 1.07. The number of nitrogen functional groups attached to an aromatic ring is 1. The first-order valence-corrected chi connectivity index (χ1v) is 4.86. The highest BCUT2D eigenvalue weighted by Crippen LogP contribution is 2.25. The van der Waals surface area contributed by atoms with Crippen molar-refractivity contribution in [3.8, 4) is 5.75 Å². The van der Waals surface area contributed by atoms with Gasteiger partial charge in [0.15, 0.2) is 0 Å². The molecule has 0 heterocycles. The summed E-state index contributed by atoms with van der Waals surface area (Å²) in [6.45, 7) is 5.27. The van der Waals surface area contributed by atoms with Crippen molar-refractivity contribution < 1.29 is 14.6 Å². The molecule has 0 atom stereocenters. The second-order valence-electron chi connectivity index (χ2n) is 4.40. The minimum absolute atomic E-state index is 0.0555. The van der Waals surface area contributed by atoms with Crippen LogP contribution in [-0.2, 0) is 4.74 Å². The lowest BCUT2D eigenvalue weighted by atomic mass is 10.2. The largest absolute Gasteiger partial charge is 0.506 e. The van der Waals surface area contributed by atoms with E-state index in [4.69, 9.17) is 10.5 Å². The number of benzene rings is 1. The van der Waals surface area contributed by atoms with Gasteiger partial charge in [0.1, 0.15) is 11.4 Å². The highest BCUT2D eigenvalue weighted by molar-refractivity contribution is 5.87. The zero-order valence-electron chi connectivity index (χ0n) is 9.57. The molecule has 1 aromatic carbocycles. The van der Waals surface area contributed by atoms with E-state index in [1.807, 2.05) is 0 Å². The maximum atomic E-state index is 11.4. The molecular formula is C11H16N2O3. The number of carbonyl (C=O) groups excluding carboxylic acids is 1. The number of phenols is 1. The predicted octanol–water partition coefficient (Wildman–Crippen LogP) is 2.32. The van der Waals surface area contributed by atoms with Crippen LogP contribution in [0.4, 0.5) is 16.2 Å². The van der Waals surface area contributed by atoms with E-state index in [2.05, 4.69) is 5.32 Å². The summed E-state index contributed by atoms with van der Waals surface area (Å²) in [6.07, 6.45) is -0.631. The Morgan fingerprint density at radius 2 is 2.06 bits per heavy atom. The molecule has 0 aliphatic carbocycles. The van der Waals surface area contributed by atoms with E-state index < -0.39 is 11.7 Å². The van der Waals surface area contributed by atoms with Gasteiger partial charge >= 0.3 is 6.09 Å². The van der Waals surface area contributed by atoms with Gasteiger partial charge in [-0.15, -0.1) is 0 Å². The Kier molecular flexibility index (Phi) is 3.27. The van der Waals surface area contributed by atoms with Crippen LogP contribution >= 0.6 is 0 Å². The van der Waals surface area contributed by atoms with Crippen LogP contribution in [0.3, 0.4) is 0 Å². The minimum atomic E-state index is -0.631. The van der Waals surface area contributed by atoms with Crippen molar-refractivity contribution in [3.05, 3.63) is 18.2 Å². The number of hydrogen-bond acceptors (Lipinski definition) is 4. The molecule has 4 N–H and O–H groups in total. The predicted molar refractivity (Wildman–Crippen MR) is 62.4 cm³/mol. The molecule has 0 aliphatic heterocycles. The number of aromatic hydroxyl groups is 1. The molecular weight excluding hydrogens is 208 g/mol. The summed E-state index contributed by atoms with van der Waals surface area (Å²) in [5.41, 5.74) is 5.62. The standard InChI is InChI=1S/C11H16N2O3/c1-11(2,3)16-10(15)13-8-6-7(12)4-5-9(8)14/h4-6,14H,12H2,1-3H3,(H,13,15). The first-order valence-electron chi connectivity index (χ1n) is 4.86. The summed E-state index contributed by atoms with van der Waals surface area (Å²) in [6, 6.07) is 4.40. The third-order valence-electron chi connectivity index (χ3n) is 1.66. The van der Waals surface area contributed by atoms with Crippen molar-refractivity contribution in [3.63, 3.8) is 0 Å². The Hall–Kier alpha value is -1.91. The molecule has 0 aromatic heterocycles. The van der Waals surface area contributed by atoms with Crippen LogP contribution in [0.5, 0.6) is 5.75 Å². The number of phenolic OH excluding ortho intramolecular Hbond substituents is 1. The lowest BCUT2D eigenvalue weighted by Crippen LogP contribution is -2.27. The highest BCUT2D eigenvalue weighted by atomic mass is 16.6. The quantitative estimate of drug-likeness (QED) is 0.388. The van der Waals surface area contributed by atoms with Gasteiger partial charge in [-0.3, -0.25) is 5.32 Å². The molecule has 1 amide bonds. The van der Waals surface area contributed by atoms with Crippen LogP contribution in [0.25, 0.3) is 0 Å². The van der Waals surface area contributed by atoms with Gasteiger partial charge in [-0.25, -0.2) is 4.79 Å². The number of rotatable bonds is 1. The average molecular weight is 224 g/mol. The van der Waals surface area contributed by atoms with Crippen molar-refractivity contribution in [2.24, 2.45) is 0 Å². The zero-order valence-corrected chi connectivity index (χ0v) is 9.57. The van der Waals surface area contributed by atoms with E-state index in [0.717, 1.165) is 0 Å². The molecule has 0 radical (unpaired) electrons. The molecule has 0 unspecified atom stereocenters. The van der Waals surface area contributed by atoms with Gasteiger partial charge in [0.05, 0.1) is 5.69 Å². The Morgan fingerprint density at radius 3 is 2.62 bits per heavy atom. The second-order valence-corrected chi connectivity index (χ2v) is 4.40. The van der Waals surface area contributed by atoms with E-state index in [-0.39, 0.29) is 11.4 Å². The molecule has 1 aromatic rings. The molecule has 0 spiro atoms. The van der Waals surface area contributed by atoms with E-state index in [0.29, 0.717) is 5.69 Å². The molecule has 0 fully saturated rings. The van der Waals surface area contributed by atoms with Crippen molar-refractivity contribution >= 4 is 17.5 Å². The third kappa shape index (κ3) is 3.68. The Balaban J connectivity index is 2.73.